The number of carbonyl (C=O) groups excluding carboxylic acids is 2. The van der Waals surface area contributed by atoms with Crippen molar-refractivity contribution in [2.24, 2.45) is 5.92 Å². The Kier molecular flexibility index (Phi) is 6.17. The third-order valence-electron chi connectivity index (χ3n) is 7.49. The topological polar surface area (TPSA) is 95.9 Å². The molecule has 4 atom stereocenters. The summed E-state index contributed by atoms with van der Waals surface area (Å²) < 4.78 is 32.8. The Labute approximate surface area is 201 Å². The summed E-state index contributed by atoms with van der Waals surface area (Å²) in [5.41, 5.74) is 4.10. The Morgan fingerprint density at radius 3 is 2.23 bits per heavy atom. The molecule has 184 valence electrons. The van der Waals surface area contributed by atoms with Crippen LogP contribution in [0.2, 0.25) is 0 Å². The van der Waals surface area contributed by atoms with Crippen molar-refractivity contribution >= 4 is 18.0 Å². The monoisotopic (exact) mass is 484 g/mol. The Bertz CT molecular complexity index is 1110. The van der Waals surface area contributed by atoms with Crippen LogP contribution < -0.4 is 5.32 Å². The van der Waals surface area contributed by atoms with E-state index in [2.05, 4.69) is 5.32 Å². The molecule has 2 fully saturated rings. The molecule has 2 heterocycles. The molecule has 0 spiro atoms. The molecule has 2 N–H and O–H groups in total. The quantitative estimate of drug-likeness (QED) is 0.619. The van der Waals surface area contributed by atoms with Crippen LogP contribution in [0, 0.1) is 5.92 Å². The largest absolute Gasteiger partial charge is 0.481 e. The maximum absolute atomic E-state index is 13.7. The summed E-state index contributed by atoms with van der Waals surface area (Å²) in [4.78, 5) is 38.2. The fourth-order valence-electron chi connectivity index (χ4n) is 5.93. The van der Waals surface area contributed by atoms with E-state index in [1.165, 1.54) is 4.90 Å². The third kappa shape index (κ3) is 4.24. The highest BCUT2D eigenvalue weighted by atomic mass is 19.3. The molecule has 2 amide bonds. The number of carboxylic acids is 1. The van der Waals surface area contributed by atoms with Gasteiger partial charge >= 0.3 is 12.1 Å². The Morgan fingerprint density at radius 2 is 1.66 bits per heavy atom. The maximum atomic E-state index is 13.7. The van der Waals surface area contributed by atoms with Gasteiger partial charge in [0.25, 0.3) is 6.43 Å². The number of hydrogen-bond acceptors (Lipinski definition) is 4. The molecule has 35 heavy (non-hydrogen) atoms. The Hall–Kier alpha value is -3.49. The van der Waals surface area contributed by atoms with Crippen LogP contribution in [-0.2, 0) is 14.3 Å². The third-order valence-corrected chi connectivity index (χ3v) is 7.49. The van der Waals surface area contributed by atoms with Crippen LogP contribution in [0.15, 0.2) is 48.5 Å². The average Bonchev–Trinajstić information content (AvgIpc) is 3.52. The van der Waals surface area contributed by atoms with Gasteiger partial charge in [-0.2, -0.15) is 0 Å². The zero-order valence-electron chi connectivity index (χ0n) is 18.9. The molecular weight excluding hydrogens is 458 g/mol. The minimum atomic E-state index is -2.98. The first kappa shape index (κ1) is 23.3. The van der Waals surface area contributed by atoms with Crippen LogP contribution >= 0.6 is 0 Å². The lowest BCUT2D eigenvalue weighted by Crippen LogP contribution is -2.46. The molecule has 2 aliphatic heterocycles. The molecule has 1 unspecified atom stereocenters. The minimum Gasteiger partial charge on any atom is -0.481 e. The summed E-state index contributed by atoms with van der Waals surface area (Å²) in [6.45, 7) is -0.0275. The first-order valence-electron chi connectivity index (χ1n) is 11.8. The van der Waals surface area contributed by atoms with Gasteiger partial charge in [0.2, 0.25) is 5.91 Å². The molecule has 5 rings (SSSR count). The standard InChI is InChI=1S/C26H26F2N2O5/c27-24(28)21(12-23(31)30-14-9-10-22(30)19(11-14)25(32)33)29-26(34)35-13-20-17-7-3-1-5-15(17)16-6-2-4-8-18(16)20/h1-8,14,19-22,24H,9-13H2,(H,29,34)(H,32,33)/t14-,19+,21?,22+/m0/s1. The number of fused-ring (bicyclic) bond motifs is 5. The van der Waals surface area contributed by atoms with Crippen molar-refractivity contribution in [3.05, 3.63) is 59.7 Å². The lowest BCUT2D eigenvalue weighted by Gasteiger charge is -2.26. The Balaban J connectivity index is 1.21. The molecular formula is C26H26F2N2O5. The minimum absolute atomic E-state index is 0.0275. The highest BCUT2D eigenvalue weighted by Crippen LogP contribution is 2.45. The summed E-state index contributed by atoms with van der Waals surface area (Å²) >= 11 is 0. The molecule has 2 bridgehead atoms. The summed E-state index contributed by atoms with van der Waals surface area (Å²) in [5.74, 6) is -2.42. The number of aliphatic carboxylic acids is 1. The molecule has 0 aromatic heterocycles. The molecule has 2 saturated heterocycles. The number of ether oxygens (including phenoxy) is 1. The van der Waals surface area contributed by atoms with Crippen molar-refractivity contribution in [3.8, 4) is 11.1 Å². The van der Waals surface area contributed by atoms with Crippen molar-refractivity contribution in [2.75, 3.05) is 6.61 Å². The SMILES string of the molecule is O=C(NC(CC(=O)N1[C@H]2CC[C@@H]1[C@H](C(=O)O)C2)C(F)F)OCC1c2ccccc2-c2ccccc21. The number of carboxylic acid groups (broad SMARTS) is 1. The van der Waals surface area contributed by atoms with E-state index in [4.69, 9.17) is 4.74 Å². The summed E-state index contributed by atoms with van der Waals surface area (Å²) in [5, 5.41) is 11.5. The van der Waals surface area contributed by atoms with E-state index >= 15 is 0 Å². The first-order chi connectivity index (χ1) is 16.8. The number of carbonyl (C=O) groups is 3. The van der Waals surface area contributed by atoms with Crippen LogP contribution in [0.4, 0.5) is 13.6 Å². The molecule has 3 aliphatic rings. The second-order valence-electron chi connectivity index (χ2n) is 9.39. The molecule has 9 heteroatoms. The van der Waals surface area contributed by atoms with E-state index in [1.54, 1.807) is 0 Å². The van der Waals surface area contributed by atoms with E-state index < -0.39 is 48.8 Å². The average molecular weight is 484 g/mol. The highest BCUT2D eigenvalue weighted by molar-refractivity contribution is 5.82. The van der Waals surface area contributed by atoms with Gasteiger partial charge in [0.05, 0.1) is 12.3 Å². The van der Waals surface area contributed by atoms with E-state index in [0.29, 0.717) is 19.3 Å². The van der Waals surface area contributed by atoms with Crippen molar-refractivity contribution in [1.29, 1.82) is 0 Å². The number of alkyl carbamates (subject to hydrolysis) is 1. The van der Waals surface area contributed by atoms with Crippen LogP contribution in [0.25, 0.3) is 11.1 Å². The van der Waals surface area contributed by atoms with Gasteiger partial charge < -0.3 is 20.1 Å². The highest BCUT2D eigenvalue weighted by Gasteiger charge is 2.51. The number of halogens is 2. The smallest absolute Gasteiger partial charge is 0.407 e. The van der Waals surface area contributed by atoms with Gasteiger partial charge in [0, 0.05) is 18.0 Å². The van der Waals surface area contributed by atoms with Crippen LogP contribution in [0.5, 0.6) is 0 Å². The van der Waals surface area contributed by atoms with Crippen LogP contribution in [0.3, 0.4) is 0 Å². The fraction of sp³-hybridized carbons (Fsp3) is 0.423. The predicted octanol–water partition coefficient (Wildman–Crippen LogP) is 4.01. The van der Waals surface area contributed by atoms with Crippen molar-refractivity contribution in [2.45, 2.75) is 56.2 Å². The molecule has 0 radical (unpaired) electrons. The van der Waals surface area contributed by atoms with Gasteiger partial charge in [-0.15, -0.1) is 0 Å². The van der Waals surface area contributed by atoms with Crippen molar-refractivity contribution in [3.63, 3.8) is 0 Å². The van der Waals surface area contributed by atoms with E-state index in [-0.39, 0.29) is 18.6 Å². The van der Waals surface area contributed by atoms with Gasteiger partial charge in [-0.25, -0.2) is 13.6 Å². The van der Waals surface area contributed by atoms with Gasteiger partial charge in [0.1, 0.15) is 12.6 Å². The van der Waals surface area contributed by atoms with Gasteiger partial charge in [-0.05, 0) is 41.5 Å². The lowest BCUT2D eigenvalue weighted by molar-refractivity contribution is -0.143. The number of alkyl halides is 2. The van der Waals surface area contributed by atoms with Crippen LogP contribution in [0.1, 0.15) is 42.7 Å². The van der Waals surface area contributed by atoms with Crippen molar-refractivity contribution in [1.82, 2.24) is 10.2 Å². The molecule has 1 aliphatic carbocycles. The number of amides is 2. The second-order valence-corrected chi connectivity index (χ2v) is 9.39. The second kappa shape index (κ2) is 9.28. The fourth-order valence-corrected chi connectivity index (χ4v) is 5.93. The lowest BCUT2D eigenvalue weighted by atomic mass is 9.89. The van der Waals surface area contributed by atoms with Gasteiger partial charge in [-0.1, -0.05) is 48.5 Å². The van der Waals surface area contributed by atoms with E-state index in [0.717, 1.165) is 22.3 Å². The molecule has 0 saturated carbocycles. The zero-order chi connectivity index (χ0) is 24.7. The molecule has 2 aromatic carbocycles. The molecule has 2 aromatic rings. The predicted molar refractivity (Wildman–Crippen MR) is 122 cm³/mol. The van der Waals surface area contributed by atoms with E-state index in [1.807, 2.05) is 48.5 Å². The number of nitrogens with zero attached hydrogens (tertiary/aromatic N) is 1. The number of nitrogens with one attached hydrogen (secondary N) is 1. The summed E-state index contributed by atoms with van der Waals surface area (Å²) in [7, 11) is 0. The number of benzene rings is 2. The maximum Gasteiger partial charge on any atom is 0.407 e. The van der Waals surface area contributed by atoms with Crippen LogP contribution in [-0.4, -0.2) is 59.1 Å². The number of hydrogen-bond donors (Lipinski definition) is 2. The Morgan fingerprint density at radius 1 is 1.03 bits per heavy atom. The summed E-state index contributed by atoms with van der Waals surface area (Å²) in [6.07, 6.45) is -3.05. The first-order valence-corrected chi connectivity index (χ1v) is 11.8. The van der Waals surface area contributed by atoms with E-state index in [9.17, 15) is 28.3 Å². The normalized spacial score (nSPS) is 23.2. The number of rotatable bonds is 7. The summed E-state index contributed by atoms with van der Waals surface area (Å²) in [6, 6.07) is 13.1. The van der Waals surface area contributed by atoms with Crippen molar-refractivity contribution < 1.29 is 33.0 Å². The molecule has 7 nitrogen and oxygen atoms in total. The van der Waals surface area contributed by atoms with Gasteiger partial charge in [-0.3, -0.25) is 9.59 Å². The zero-order valence-corrected chi connectivity index (χ0v) is 18.9. The van der Waals surface area contributed by atoms with Gasteiger partial charge in [0.15, 0.2) is 0 Å².